The average molecular weight is 462 g/mol. The molecule has 1 atom stereocenters. The fraction of sp³-hybridized carbons (Fsp3) is 0.292. The molecule has 3 heterocycles. The summed E-state index contributed by atoms with van der Waals surface area (Å²) in [4.78, 5) is 20.6. The molecule has 4 aromatic rings. The Kier molecular flexibility index (Phi) is 5.25. The molecule has 0 saturated carbocycles. The SMILES string of the molecule is Cc1ccc(-n2nccn2)c(C(=O)N2CCCC2(C)c2nnc(-c3cccc(Cl)c3C)[nH]2)c1. The van der Waals surface area contributed by atoms with E-state index >= 15 is 0 Å². The van der Waals surface area contributed by atoms with Crippen LogP contribution in [0.2, 0.25) is 5.02 Å². The highest BCUT2D eigenvalue weighted by Crippen LogP contribution is 2.39. The van der Waals surface area contributed by atoms with Gasteiger partial charge in [-0.1, -0.05) is 35.4 Å². The number of likely N-dealkylation sites (tertiary alicyclic amines) is 1. The number of halogens is 1. The van der Waals surface area contributed by atoms with E-state index in [0.717, 1.165) is 29.5 Å². The van der Waals surface area contributed by atoms with Crippen LogP contribution in [-0.2, 0) is 5.54 Å². The number of carbonyl (C=O) groups is 1. The minimum atomic E-state index is -0.618. The van der Waals surface area contributed by atoms with Gasteiger partial charge >= 0.3 is 0 Å². The topological polar surface area (TPSA) is 92.6 Å². The van der Waals surface area contributed by atoms with Crippen LogP contribution in [0.3, 0.4) is 0 Å². The van der Waals surface area contributed by atoms with Gasteiger partial charge in [-0.25, -0.2) is 0 Å². The summed E-state index contributed by atoms with van der Waals surface area (Å²) < 4.78 is 0. The standard InChI is InChI=1S/C24H24ClN7O/c1-15-8-9-20(32-26-11-12-27-32)18(14-15)22(33)31-13-5-10-24(31,3)23-28-21(29-30-23)17-6-4-7-19(25)16(17)2/h4,6-9,11-12,14H,5,10,13H2,1-3H3,(H,28,29,30). The van der Waals surface area contributed by atoms with Crippen LogP contribution < -0.4 is 0 Å². The smallest absolute Gasteiger partial charge is 0.256 e. The number of benzene rings is 2. The summed E-state index contributed by atoms with van der Waals surface area (Å²) >= 11 is 6.30. The van der Waals surface area contributed by atoms with E-state index in [4.69, 9.17) is 11.6 Å². The van der Waals surface area contributed by atoms with Crippen molar-refractivity contribution >= 4 is 17.5 Å². The zero-order chi connectivity index (χ0) is 23.2. The molecule has 1 saturated heterocycles. The normalized spacial score (nSPS) is 18.1. The Labute approximate surface area is 196 Å². The molecule has 0 aliphatic carbocycles. The number of hydrogen-bond acceptors (Lipinski definition) is 5. The van der Waals surface area contributed by atoms with Crippen LogP contribution in [0.1, 0.15) is 47.1 Å². The lowest BCUT2D eigenvalue weighted by molar-refractivity contribution is 0.0604. The number of aryl methyl sites for hydroxylation is 1. The second-order valence-electron chi connectivity index (χ2n) is 8.61. The first kappa shape index (κ1) is 21.3. The van der Waals surface area contributed by atoms with Crippen molar-refractivity contribution in [1.29, 1.82) is 0 Å². The molecule has 1 fully saturated rings. The number of nitrogens with zero attached hydrogens (tertiary/aromatic N) is 6. The average Bonchev–Trinajstić information content (AvgIpc) is 3.56. The summed E-state index contributed by atoms with van der Waals surface area (Å²) in [6, 6.07) is 11.4. The van der Waals surface area contributed by atoms with Gasteiger partial charge in [0.15, 0.2) is 11.6 Å². The highest BCUT2D eigenvalue weighted by Gasteiger charge is 2.44. The lowest BCUT2D eigenvalue weighted by Crippen LogP contribution is -2.44. The molecule has 0 spiro atoms. The monoisotopic (exact) mass is 461 g/mol. The number of carbonyl (C=O) groups excluding carboxylic acids is 1. The first-order valence-corrected chi connectivity index (χ1v) is 11.2. The number of aromatic nitrogens is 6. The Balaban J connectivity index is 1.53. The minimum Gasteiger partial charge on any atom is -0.326 e. The Hall–Kier alpha value is -3.52. The van der Waals surface area contributed by atoms with Crippen LogP contribution in [-0.4, -0.2) is 47.5 Å². The van der Waals surface area contributed by atoms with Crippen LogP contribution in [0.4, 0.5) is 0 Å². The fourth-order valence-corrected chi connectivity index (χ4v) is 4.68. The van der Waals surface area contributed by atoms with E-state index in [1.165, 1.54) is 4.80 Å². The molecule has 168 valence electrons. The van der Waals surface area contributed by atoms with E-state index in [1.54, 1.807) is 12.4 Å². The van der Waals surface area contributed by atoms with Gasteiger partial charge in [-0.2, -0.15) is 15.0 Å². The van der Waals surface area contributed by atoms with Crippen molar-refractivity contribution in [1.82, 2.24) is 35.1 Å². The van der Waals surface area contributed by atoms with Crippen LogP contribution in [0.5, 0.6) is 0 Å². The van der Waals surface area contributed by atoms with Gasteiger partial charge in [0.25, 0.3) is 5.91 Å². The summed E-state index contributed by atoms with van der Waals surface area (Å²) in [6.07, 6.45) is 4.85. The summed E-state index contributed by atoms with van der Waals surface area (Å²) in [5.74, 6) is 1.22. The molecule has 9 heteroatoms. The highest BCUT2D eigenvalue weighted by molar-refractivity contribution is 6.31. The Morgan fingerprint density at radius 3 is 2.70 bits per heavy atom. The van der Waals surface area contributed by atoms with Crippen LogP contribution in [0.15, 0.2) is 48.8 Å². The maximum absolute atomic E-state index is 13.9. The van der Waals surface area contributed by atoms with Gasteiger partial charge in [0.2, 0.25) is 0 Å². The molecule has 33 heavy (non-hydrogen) atoms. The molecular weight excluding hydrogens is 438 g/mol. The van der Waals surface area contributed by atoms with Gasteiger partial charge in [-0.15, -0.1) is 10.2 Å². The highest BCUT2D eigenvalue weighted by atomic mass is 35.5. The zero-order valence-electron chi connectivity index (χ0n) is 18.7. The summed E-state index contributed by atoms with van der Waals surface area (Å²) in [6.45, 7) is 6.59. The molecule has 1 aliphatic rings. The molecular formula is C24H24ClN7O. The summed E-state index contributed by atoms with van der Waals surface area (Å²) in [7, 11) is 0. The van der Waals surface area contributed by atoms with Crippen molar-refractivity contribution in [3.63, 3.8) is 0 Å². The van der Waals surface area contributed by atoms with Crippen LogP contribution >= 0.6 is 11.6 Å². The van der Waals surface area contributed by atoms with Gasteiger partial charge < -0.3 is 9.88 Å². The number of H-pyrrole nitrogens is 1. The van der Waals surface area contributed by atoms with E-state index in [9.17, 15) is 4.79 Å². The lowest BCUT2D eigenvalue weighted by atomic mass is 9.96. The quantitative estimate of drug-likeness (QED) is 0.484. The number of amides is 1. The van der Waals surface area contributed by atoms with Crippen LogP contribution in [0, 0.1) is 13.8 Å². The molecule has 2 aromatic heterocycles. The predicted octanol–water partition coefficient (Wildman–Crippen LogP) is 4.47. The molecule has 1 amide bonds. The molecule has 5 rings (SSSR count). The first-order chi connectivity index (χ1) is 15.9. The third-order valence-electron chi connectivity index (χ3n) is 6.42. The van der Waals surface area contributed by atoms with E-state index < -0.39 is 5.54 Å². The second kappa shape index (κ2) is 8.12. The molecule has 2 aromatic carbocycles. The van der Waals surface area contributed by atoms with Gasteiger partial charge in [0, 0.05) is 17.1 Å². The van der Waals surface area contributed by atoms with Crippen LogP contribution in [0.25, 0.3) is 17.1 Å². The first-order valence-electron chi connectivity index (χ1n) is 10.9. The third kappa shape index (κ3) is 3.60. The second-order valence-corrected chi connectivity index (χ2v) is 9.02. The number of hydrogen-bond donors (Lipinski definition) is 1. The zero-order valence-corrected chi connectivity index (χ0v) is 19.5. The van der Waals surface area contributed by atoms with E-state index in [0.29, 0.717) is 34.5 Å². The van der Waals surface area contributed by atoms with Gasteiger partial charge in [0.05, 0.1) is 23.6 Å². The lowest BCUT2D eigenvalue weighted by Gasteiger charge is -2.33. The fourth-order valence-electron chi connectivity index (χ4n) is 4.51. The molecule has 8 nitrogen and oxygen atoms in total. The number of nitrogens with one attached hydrogen (secondary N) is 1. The van der Waals surface area contributed by atoms with E-state index in [1.807, 2.05) is 62.1 Å². The third-order valence-corrected chi connectivity index (χ3v) is 6.83. The van der Waals surface area contributed by atoms with Crippen molar-refractivity contribution in [2.24, 2.45) is 0 Å². The Morgan fingerprint density at radius 1 is 1.12 bits per heavy atom. The number of rotatable bonds is 4. The summed E-state index contributed by atoms with van der Waals surface area (Å²) in [5.41, 5.74) is 3.41. The largest absolute Gasteiger partial charge is 0.326 e. The molecule has 0 bridgehead atoms. The number of aromatic amines is 1. The minimum absolute atomic E-state index is 0.0807. The van der Waals surface area contributed by atoms with Crippen molar-refractivity contribution in [3.05, 3.63) is 76.3 Å². The van der Waals surface area contributed by atoms with Gasteiger partial charge in [0.1, 0.15) is 5.54 Å². The summed E-state index contributed by atoms with van der Waals surface area (Å²) in [5, 5.41) is 18.0. The molecule has 1 N–H and O–H groups in total. The molecule has 1 unspecified atom stereocenters. The van der Waals surface area contributed by atoms with Crippen molar-refractivity contribution in [3.8, 4) is 17.1 Å². The van der Waals surface area contributed by atoms with Gasteiger partial charge in [-0.3, -0.25) is 4.79 Å². The van der Waals surface area contributed by atoms with Crippen molar-refractivity contribution in [2.45, 2.75) is 39.2 Å². The van der Waals surface area contributed by atoms with Crippen molar-refractivity contribution in [2.75, 3.05) is 6.54 Å². The maximum Gasteiger partial charge on any atom is 0.256 e. The van der Waals surface area contributed by atoms with Crippen molar-refractivity contribution < 1.29 is 4.79 Å². The maximum atomic E-state index is 13.9. The van der Waals surface area contributed by atoms with E-state index in [-0.39, 0.29) is 5.91 Å². The van der Waals surface area contributed by atoms with E-state index in [2.05, 4.69) is 25.4 Å². The Morgan fingerprint density at radius 2 is 1.91 bits per heavy atom. The van der Waals surface area contributed by atoms with Gasteiger partial charge in [-0.05, 0) is 57.4 Å². The molecule has 1 aliphatic heterocycles. The predicted molar refractivity (Wildman–Crippen MR) is 125 cm³/mol. The Bertz CT molecular complexity index is 1330. The molecule has 0 radical (unpaired) electrons.